The van der Waals surface area contributed by atoms with Crippen LogP contribution in [0.25, 0.3) is 0 Å². The lowest BCUT2D eigenvalue weighted by Gasteiger charge is -2.33. The Kier molecular flexibility index (Phi) is 6.34. The molecule has 29 heavy (non-hydrogen) atoms. The zero-order valence-electron chi connectivity index (χ0n) is 16.6. The normalized spacial score (nSPS) is 15.2. The van der Waals surface area contributed by atoms with Crippen molar-refractivity contribution in [1.29, 1.82) is 0 Å². The number of nitrogens with one attached hydrogen (secondary N) is 1. The molecule has 8 heteroatoms. The van der Waals surface area contributed by atoms with Crippen LogP contribution in [0.2, 0.25) is 0 Å². The molecule has 2 aromatic carbocycles. The van der Waals surface area contributed by atoms with Gasteiger partial charge < -0.3 is 10.2 Å². The van der Waals surface area contributed by atoms with Crippen LogP contribution < -0.4 is 5.32 Å². The van der Waals surface area contributed by atoms with Gasteiger partial charge in [-0.15, -0.1) is 0 Å². The van der Waals surface area contributed by atoms with E-state index in [0.717, 1.165) is 11.1 Å². The Balaban J connectivity index is 1.64. The van der Waals surface area contributed by atoms with Gasteiger partial charge in [0.2, 0.25) is 15.9 Å². The Morgan fingerprint density at radius 3 is 2.17 bits per heavy atom. The minimum absolute atomic E-state index is 0.0527. The fourth-order valence-corrected chi connectivity index (χ4v) is 4.68. The lowest BCUT2D eigenvalue weighted by atomic mass is 10.1. The summed E-state index contributed by atoms with van der Waals surface area (Å²) in [7, 11) is -3.65. The second kappa shape index (κ2) is 8.75. The molecule has 3 rings (SSSR count). The minimum Gasteiger partial charge on any atom is -0.348 e. The lowest BCUT2D eigenvalue weighted by molar-refractivity contribution is -0.129. The fraction of sp³-hybridized carbons (Fsp3) is 0.333. The Morgan fingerprint density at radius 1 is 0.966 bits per heavy atom. The average molecular weight is 416 g/mol. The SMILES string of the molecule is CC(=O)N1CCN(S(=O)(=O)c2ccc(C(=O)NCc3ccccc3C)cc2)CC1. The molecule has 154 valence electrons. The molecule has 0 spiro atoms. The van der Waals surface area contributed by atoms with Crippen LogP contribution in [0.4, 0.5) is 0 Å². The molecule has 0 aromatic heterocycles. The van der Waals surface area contributed by atoms with E-state index in [0.29, 0.717) is 25.2 Å². The van der Waals surface area contributed by atoms with E-state index < -0.39 is 10.0 Å². The van der Waals surface area contributed by atoms with Crippen LogP contribution in [0.15, 0.2) is 53.4 Å². The number of nitrogens with zero attached hydrogens (tertiary/aromatic N) is 2. The highest BCUT2D eigenvalue weighted by molar-refractivity contribution is 7.89. The van der Waals surface area contributed by atoms with Crippen molar-refractivity contribution >= 4 is 21.8 Å². The van der Waals surface area contributed by atoms with Crippen molar-refractivity contribution in [3.8, 4) is 0 Å². The van der Waals surface area contributed by atoms with Gasteiger partial charge >= 0.3 is 0 Å². The van der Waals surface area contributed by atoms with Crippen LogP contribution >= 0.6 is 0 Å². The quantitative estimate of drug-likeness (QED) is 0.807. The smallest absolute Gasteiger partial charge is 0.251 e. The molecule has 0 saturated carbocycles. The highest BCUT2D eigenvalue weighted by atomic mass is 32.2. The molecule has 0 radical (unpaired) electrons. The van der Waals surface area contributed by atoms with Crippen LogP contribution in [0.3, 0.4) is 0 Å². The second-order valence-electron chi connectivity index (χ2n) is 7.04. The van der Waals surface area contributed by atoms with Crippen LogP contribution in [0.1, 0.15) is 28.4 Å². The first-order chi connectivity index (χ1) is 13.8. The molecule has 0 atom stereocenters. The van der Waals surface area contributed by atoms with Gasteiger partial charge in [0, 0.05) is 45.2 Å². The first-order valence-electron chi connectivity index (χ1n) is 9.47. The number of piperazine rings is 1. The van der Waals surface area contributed by atoms with Gasteiger partial charge in [-0.05, 0) is 42.3 Å². The zero-order chi connectivity index (χ0) is 21.0. The Labute approximate surface area is 171 Å². The number of amides is 2. The van der Waals surface area contributed by atoms with E-state index in [-0.39, 0.29) is 29.8 Å². The summed E-state index contributed by atoms with van der Waals surface area (Å²) < 4.78 is 27.0. The Morgan fingerprint density at radius 2 is 1.59 bits per heavy atom. The third-order valence-electron chi connectivity index (χ3n) is 5.14. The summed E-state index contributed by atoms with van der Waals surface area (Å²) in [5.41, 5.74) is 2.53. The number of carbonyl (C=O) groups is 2. The van der Waals surface area contributed by atoms with E-state index in [9.17, 15) is 18.0 Å². The maximum absolute atomic E-state index is 12.8. The third kappa shape index (κ3) is 4.83. The molecule has 1 heterocycles. The van der Waals surface area contributed by atoms with Gasteiger partial charge in [-0.25, -0.2) is 8.42 Å². The van der Waals surface area contributed by atoms with Gasteiger partial charge in [0.1, 0.15) is 0 Å². The van der Waals surface area contributed by atoms with E-state index in [4.69, 9.17) is 0 Å². The predicted octanol–water partition coefficient (Wildman–Crippen LogP) is 1.78. The molecule has 1 saturated heterocycles. The monoisotopic (exact) mass is 415 g/mol. The first-order valence-corrected chi connectivity index (χ1v) is 10.9. The third-order valence-corrected chi connectivity index (χ3v) is 7.05. The van der Waals surface area contributed by atoms with Crippen molar-refractivity contribution < 1.29 is 18.0 Å². The highest BCUT2D eigenvalue weighted by Crippen LogP contribution is 2.18. The van der Waals surface area contributed by atoms with Gasteiger partial charge in [0.05, 0.1) is 4.90 Å². The van der Waals surface area contributed by atoms with Crippen molar-refractivity contribution in [3.63, 3.8) is 0 Å². The molecule has 0 bridgehead atoms. The number of hydrogen-bond acceptors (Lipinski definition) is 4. The topological polar surface area (TPSA) is 86.8 Å². The molecule has 1 aliphatic rings. The van der Waals surface area contributed by atoms with Gasteiger partial charge in [-0.3, -0.25) is 9.59 Å². The summed E-state index contributed by atoms with van der Waals surface area (Å²) in [6.45, 7) is 5.17. The molecule has 0 aliphatic carbocycles. The molecule has 2 aromatic rings. The van der Waals surface area contributed by atoms with E-state index in [2.05, 4.69) is 5.32 Å². The second-order valence-corrected chi connectivity index (χ2v) is 8.98. The minimum atomic E-state index is -3.65. The van der Waals surface area contributed by atoms with E-state index in [1.54, 1.807) is 4.90 Å². The summed E-state index contributed by atoms with van der Waals surface area (Å²) in [5.74, 6) is -0.310. The summed E-state index contributed by atoms with van der Waals surface area (Å²) in [4.78, 5) is 25.6. The molecule has 1 fully saturated rings. The molecule has 2 amide bonds. The van der Waals surface area contributed by atoms with Crippen molar-refractivity contribution in [3.05, 3.63) is 65.2 Å². The highest BCUT2D eigenvalue weighted by Gasteiger charge is 2.29. The van der Waals surface area contributed by atoms with Crippen LogP contribution in [-0.4, -0.2) is 55.6 Å². The van der Waals surface area contributed by atoms with Crippen molar-refractivity contribution in [2.24, 2.45) is 0 Å². The molecule has 7 nitrogen and oxygen atoms in total. The summed E-state index contributed by atoms with van der Waals surface area (Å²) >= 11 is 0. The standard InChI is InChI=1S/C21H25N3O4S/c1-16-5-3-4-6-19(16)15-22-21(26)18-7-9-20(10-8-18)29(27,28)24-13-11-23(12-14-24)17(2)25/h3-10H,11-15H2,1-2H3,(H,22,26). The Bertz CT molecular complexity index is 995. The number of benzene rings is 2. The van der Waals surface area contributed by atoms with Crippen molar-refractivity contribution in [1.82, 2.24) is 14.5 Å². The number of sulfonamides is 1. The number of hydrogen-bond donors (Lipinski definition) is 1. The largest absolute Gasteiger partial charge is 0.348 e. The predicted molar refractivity (Wildman–Crippen MR) is 110 cm³/mol. The average Bonchev–Trinajstić information content (AvgIpc) is 2.73. The van der Waals surface area contributed by atoms with Crippen LogP contribution in [-0.2, 0) is 21.4 Å². The van der Waals surface area contributed by atoms with Gasteiger partial charge in [-0.1, -0.05) is 24.3 Å². The number of carbonyl (C=O) groups excluding carboxylic acids is 2. The van der Waals surface area contributed by atoms with Crippen molar-refractivity contribution in [2.75, 3.05) is 26.2 Å². The summed E-state index contributed by atoms with van der Waals surface area (Å²) in [6.07, 6.45) is 0. The maximum Gasteiger partial charge on any atom is 0.251 e. The van der Waals surface area contributed by atoms with E-state index in [1.165, 1.54) is 35.5 Å². The van der Waals surface area contributed by atoms with Crippen LogP contribution in [0.5, 0.6) is 0 Å². The molecule has 1 N–H and O–H groups in total. The van der Waals surface area contributed by atoms with Crippen molar-refractivity contribution in [2.45, 2.75) is 25.3 Å². The number of aryl methyl sites for hydroxylation is 1. The molecular formula is C21H25N3O4S. The van der Waals surface area contributed by atoms with Gasteiger partial charge in [0.15, 0.2) is 0 Å². The van der Waals surface area contributed by atoms with E-state index >= 15 is 0 Å². The van der Waals surface area contributed by atoms with E-state index in [1.807, 2.05) is 31.2 Å². The molecule has 1 aliphatic heterocycles. The Hall–Kier alpha value is -2.71. The zero-order valence-corrected chi connectivity index (χ0v) is 17.4. The summed E-state index contributed by atoms with van der Waals surface area (Å²) in [6, 6.07) is 13.8. The molecular weight excluding hydrogens is 390 g/mol. The van der Waals surface area contributed by atoms with Gasteiger partial charge in [0.25, 0.3) is 5.91 Å². The lowest BCUT2D eigenvalue weighted by Crippen LogP contribution is -2.49. The number of rotatable bonds is 5. The molecule has 0 unspecified atom stereocenters. The first kappa shape index (κ1) is 21.0. The summed E-state index contributed by atoms with van der Waals surface area (Å²) in [5, 5.41) is 2.86. The maximum atomic E-state index is 12.8. The van der Waals surface area contributed by atoms with Crippen LogP contribution in [0, 0.1) is 6.92 Å². The van der Waals surface area contributed by atoms with Gasteiger partial charge in [-0.2, -0.15) is 4.31 Å². The fourth-order valence-electron chi connectivity index (χ4n) is 3.26.